The van der Waals surface area contributed by atoms with Crippen LogP contribution in [-0.2, 0) is 13.1 Å². The second kappa shape index (κ2) is 6.19. The van der Waals surface area contributed by atoms with Crippen LogP contribution in [0, 0.1) is 6.92 Å². The van der Waals surface area contributed by atoms with Crippen molar-refractivity contribution in [3.05, 3.63) is 35.5 Å². The molecule has 0 bridgehead atoms. The predicted octanol–water partition coefficient (Wildman–Crippen LogP) is 1.69. The zero-order valence-corrected chi connectivity index (χ0v) is 11.3. The first kappa shape index (κ1) is 13.4. The van der Waals surface area contributed by atoms with Crippen molar-refractivity contribution in [2.45, 2.75) is 20.0 Å². The lowest BCUT2D eigenvalue weighted by Gasteiger charge is -2.11. The predicted molar refractivity (Wildman–Crippen MR) is 69.1 cm³/mol. The molecule has 0 amide bonds. The lowest BCUT2D eigenvalue weighted by Crippen LogP contribution is -2.14. The summed E-state index contributed by atoms with van der Waals surface area (Å²) in [7, 11) is 3.20. The molecular formula is C13H17N3O3. The highest BCUT2D eigenvalue weighted by Gasteiger charge is 2.10. The molecule has 2 aromatic heterocycles. The minimum absolute atomic E-state index is 0.556. The molecule has 19 heavy (non-hydrogen) atoms. The van der Waals surface area contributed by atoms with Gasteiger partial charge < -0.3 is 19.3 Å². The highest BCUT2D eigenvalue weighted by molar-refractivity contribution is 5.42. The summed E-state index contributed by atoms with van der Waals surface area (Å²) in [5.41, 5.74) is 1.66. The van der Waals surface area contributed by atoms with E-state index in [1.807, 2.05) is 13.0 Å². The molecule has 0 fully saturated rings. The second-order valence-electron chi connectivity index (χ2n) is 4.03. The average Bonchev–Trinajstić information content (AvgIpc) is 2.84. The number of rotatable bonds is 6. The Morgan fingerprint density at radius 3 is 2.74 bits per heavy atom. The van der Waals surface area contributed by atoms with E-state index in [1.54, 1.807) is 26.5 Å². The van der Waals surface area contributed by atoms with Crippen LogP contribution in [0.5, 0.6) is 11.5 Å². The quantitative estimate of drug-likeness (QED) is 0.855. The maximum atomic E-state index is 5.31. The average molecular weight is 263 g/mol. The van der Waals surface area contributed by atoms with Crippen molar-refractivity contribution in [2.75, 3.05) is 14.2 Å². The second-order valence-corrected chi connectivity index (χ2v) is 4.03. The van der Waals surface area contributed by atoms with Gasteiger partial charge in [0.25, 0.3) is 0 Å². The van der Waals surface area contributed by atoms with Gasteiger partial charge in [0.1, 0.15) is 0 Å². The van der Waals surface area contributed by atoms with E-state index in [0.717, 1.165) is 17.1 Å². The Kier molecular flexibility index (Phi) is 4.35. The van der Waals surface area contributed by atoms with E-state index in [0.29, 0.717) is 24.6 Å². The van der Waals surface area contributed by atoms with Gasteiger partial charge in [-0.15, -0.1) is 0 Å². The van der Waals surface area contributed by atoms with E-state index >= 15 is 0 Å². The van der Waals surface area contributed by atoms with Crippen LogP contribution in [0.2, 0.25) is 0 Å². The maximum absolute atomic E-state index is 5.31. The van der Waals surface area contributed by atoms with Crippen LogP contribution in [0.3, 0.4) is 0 Å². The van der Waals surface area contributed by atoms with E-state index in [9.17, 15) is 0 Å². The lowest BCUT2D eigenvalue weighted by atomic mass is 10.3. The highest BCUT2D eigenvalue weighted by atomic mass is 16.5. The third kappa shape index (κ3) is 3.23. The topological polar surface area (TPSA) is 69.4 Å². The van der Waals surface area contributed by atoms with Gasteiger partial charge in [-0.2, -0.15) is 0 Å². The Balaban J connectivity index is 1.99. The molecule has 0 radical (unpaired) electrons. The largest absolute Gasteiger partial charge is 0.493 e. The standard InChI is InChI=1S/C13H17N3O3/c1-9-6-10(19-16-9)7-14-8-11-13(18-3)12(17-2)4-5-15-11/h4-6,14H,7-8H2,1-3H3. The van der Waals surface area contributed by atoms with Crippen LogP contribution < -0.4 is 14.8 Å². The normalized spacial score (nSPS) is 10.5. The van der Waals surface area contributed by atoms with Gasteiger partial charge >= 0.3 is 0 Å². The van der Waals surface area contributed by atoms with E-state index in [1.165, 1.54) is 0 Å². The van der Waals surface area contributed by atoms with E-state index in [4.69, 9.17) is 14.0 Å². The van der Waals surface area contributed by atoms with E-state index < -0.39 is 0 Å². The molecule has 0 aliphatic rings. The van der Waals surface area contributed by atoms with Crippen molar-refractivity contribution in [2.24, 2.45) is 0 Å². The summed E-state index contributed by atoms with van der Waals surface area (Å²) in [6.07, 6.45) is 1.69. The van der Waals surface area contributed by atoms with Gasteiger partial charge in [0.15, 0.2) is 17.3 Å². The number of nitrogens with zero attached hydrogens (tertiary/aromatic N) is 2. The molecule has 0 unspecified atom stereocenters. The molecule has 0 saturated heterocycles. The molecule has 6 nitrogen and oxygen atoms in total. The van der Waals surface area contributed by atoms with Gasteiger partial charge in [-0.1, -0.05) is 5.16 Å². The van der Waals surface area contributed by atoms with Crippen LogP contribution in [-0.4, -0.2) is 24.4 Å². The third-order valence-corrected chi connectivity index (χ3v) is 2.63. The monoisotopic (exact) mass is 263 g/mol. The summed E-state index contributed by atoms with van der Waals surface area (Å²) in [4.78, 5) is 4.28. The molecule has 0 aliphatic carbocycles. The van der Waals surface area contributed by atoms with Crippen LogP contribution in [0.1, 0.15) is 17.1 Å². The number of aryl methyl sites for hydroxylation is 1. The molecule has 2 heterocycles. The molecule has 0 saturated carbocycles. The Bertz CT molecular complexity index is 540. The van der Waals surface area contributed by atoms with Gasteiger partial charge in [0, 0.05) is 24.9 Å². The number of nitrogens with one attached hydrogen (secondary N) is 1. The summed E-state index contributed by atoms with van der Waals surface area (Å²) in [5, 5.41) is 7.05. The molecule has 1 N–H and O–H groups in total. The highest BCUT2D eigenvalue weighted by Crippen LogP contribution is 2.28. The summed E-state index contributed by atoms with van der Waals surface area (Å²) in [6, 6.07) is 3.66. The smallest absolute Gasteiger partial charge is 0.183 e. The van der Waals surface area contributed by atoms with Crippen LogP contribution in [0.25, 0.3) is 0 Å². The van der Waals surface area contributed by atoms with E-state index in [2.05, 4.69) is 15.5 Å². The van der Waals surface area contributed by atoms with Crippen molar-refractivity contribution in [3.63, 3.8) is 0 Å². The maximum Gasteiger partial charge on any atom is 0.183 e. The Labute approximate surface area is 111 Å². The van der Waals surface area contributed by atoms with Crippen LogP contribution in [0.15, 0.2) is 22.9 Å². The molecule has 0 atom stereocenters. The SMILES string of the molecule is COc1ccnc(CNCc2cc(C)no2)c1OC. The number of hydrogen-bond donors (Lipinski definition) is 1. The van der Waals surface area contributed by atoms with Gasteiger partial charge in [-0.3, -0.25) is 4.98 Å². The summed E-state index contributed by atoms with van der Waals surface area (Å²) in [6.45, 7) is 3.03. The number of ether oxygens (including phenoxy) is 2. The zero-order valence-electron chi connectivity index (χ0n) is 11.3. The third-order valence-electron chi connectivity index (χ3n) is 2.63. The van der Waals surface area contributed by atoms with Crippen molar-refractivity contribution >= 4 is 0 Å². The van der Waals surface area contributed by atoms with Gasteiger partial charge in [-0.05, 0) is 6.92 Å². The number of hydrogen-bond acceptors (Lipinski definition) is 6. The van der Waals surface area contributed by atoms with Crippen molar-refractivity contribution in [1.29, 1.82) is 0 Å². The number of aromatic nitrogens is 2. The lowest BCUT2D eigenvalue weighted by molar-refractivity contribution is 0.346. The fourth-order valence-corrected chi connectivity index (χ4v) is 1.78. The van der Waals surface area contributed by atoms with Gasteiger partial charge in [0.05, 0.1) is 32.2 Å². The Morgan fingerprint density at radius 1 is 1.26 bits per heavy atom. The first-order chi connectivity index (χ1) is 9.24. The minimum Gasteiger partial charge on any atom is -0.493 e. The molecule has 2 aromatic rings. The fourth-order valence-electron chi connectivity index (χ4n) is 1.78. The van der Waals surface area contributed by atoms with Gasteiger partial charge in [-0.25, -0.2) is 0 Å². The summed E-state index contributed by atoms with van der Waals surface area (Å²) < 4.78 is 15.6. The van der Waals surface area contributed by atoms with Crippen LogP contribution >= 0.6 is 0 Å². The first-order valence-electron chi connectivity index (χ1n) is 5.93. The van der Waals surface area contributed by atoms with Crippen molar-refractivity contribution in [3.8, 4) is 11.5 Å². The molecule has 102 valence electrons. The zero-order chi connectivity index (χ0) is 13.7. The summed E-state index contributed by atoms with van der Waals surface area (Å²) >= 11 is 0. The Morgan fingerprint density at radius 2 is 2.11 bits per heavy atom. The molecule has 0 aliphatic heterocycles. The minimum atomic E-state index is 0.556. The molecule has 0 spiro atoms. The fraction of sp³-hybridized carbons (Fsp3) is 0.385. The first-order valence-corrected chi connectivity index (χ1v) is 5.93. The number of pyridine rings is 1. The van der Waals surface area contributed by atoms with Gasteiger partial charge in [0.2, 0.25) is 0 Å². The van der Waals surface area contributed by atoms with E-state index in [-0.39, 0.29) is 0 Å². The summed E-state index contributed by atoms with van der Waals surface area (Å²) in [5.74, 6) is 2.11. The molecule has 6 heteroatoms. The molecular weight excluding hydrogens is 246 g/mol. The molecule has 0 aromatic carbocycles. The number of methoxy groups -OCH3 is 2. The molecule has 2 rings (SSSR count). The Hall–Kier alpha value is -2.08. The van der Waals surface area contributed by atoms with Crippen molar-refractivity contribution in [1.82, 2.24) is 15.5 Å². The van der Waals surface area contributed by atoms with Crippen LogP contribution in [0.4, 0.5) is 0 Å². The van der Waals surface area contributed by atoms with Crippen molar-refractivity contribution < 1.29 is 14.0 Å².